The van der Waals surface area contributed by atoms with Crippen LogP contribution in [-0.4, -0.2) is 24.0 Å². The van der Waals surface area contributed by atoms with E-state index in [1.807, 2.05) is 13.0 Å². The van der Waals surface area contributed by atoms with Gasteiger partial charge in [0.05, 0.1) is 11.6 Å². The van der Waals surface area contributed by atoms with Gasteiger partial charge in [-0.2, -0.15) is 0 Å². The molecule has 1 amide bonds. The monoisotopic (exact) mass is 305 g/mol. The van der Waals surface area contributed by atoms with E-state index in [0.29, 0.717) is 35.3 Å². The van der Waals surface area contributed by atoms with Crippen LogP contribution in [-0.2, 0) is 0 Å². The number of rotatable bonds is 5. The highest BCUT2D eigenvalue weighted by atomic mass is 35.5. The highest BCUT2D eigenvalue weighted by Crippen LogP contribution is 2.13. The number of halogens is 1. The first-order valence-corrected chi connectivity index (χ1v) is 6.83. The molecule has 2 aromatic rings. The van der Waals surface area contributed by atoms with Crippen molar-refractivity contribution in [1.29, 1.82) is 0 Å². The van der Waals surface area contributed by atoms with E-state index in [1.165, 1.54) is 6.20 Å². The molecular formula is C15H16ClN3O2. The van der Waals surface area contributed by atoms with Gasteiger partial charge in [0.15, 0.2) is 0 Å². The fourth-order valence-electron chi connectivity index (χ4n) is 1.65. The molecule has 0 atom stereocenters. The molecule has 1 aromatic carbocycles. The number of amides is 1. The number of aryl methyl sites for hydroxylation is 1. The summed E-state index contributed by atoms with van der Waals surface area (Å²) in [5.74, 6) is 0.280. The Hall–Kier alpha value is -2.27. The first kappa shape index (κ1) is 15.1. The van der Waals surface area contributed by atoms with Crippen LogP contribution in [0, 0.1) is 6.92 Å². The third kappa shape index (κ3) is 4.36. The number of hydrogen-bond acceptors (Lipinski definition) is 4. The molecular weight excluding hydrogens is 290 g/mol. The Morgan fingerprint density at radius 1 is 1.38 bits per heavy atom. The van der Waals surface area contributed by atoms with E-state index in [2.05, 4.69) is 10.3 Å². The van der Waals surface area contributed by atoms with Crippen LogP contribution in [0.3, 0.4) is 0 Å². The topological polar surface area (TPSA) is 77.2 Å². The molecule has 0 saturated heterocycles. The van der Waals surface area contributed by atoms with Crippen molar-refractivity contribution in [2.24, 2.45) is 0 Å². The Balaban J connectivity index is 1.79. The van der Waals surface area contributed by atoms with E-state index >= 15 is 0 Å². The highest BCUT2D eigenvalue weighted by Gasteiger charge is 2.06. The van der Waals surface area contributed by atoms with Crippen LogP contribution in [0.4, 0.5) is 5.69 Å². The molecule has 6 heteroatoms. The minimum atomic E-state index is -0.186. The molecule has 0 aliphatic carbocycles. The van der Waals surface area contributed by atoms with Gasteiger partial charge in [-0.3, -0.25) is 4.79 Å². The summed E-state index contributed by atoms with van der Waals surface area (Å²) in [4.78, 5) is 15.9. The van der Waals surface area contributed by atoms with Gasteiger partial charge in [-0.05, 0) is 30.7 Å². The largest absolute Gasteiger partial charge is 0.476 e. The molecule has 2 rings (SSSR count). The second-order valence-corrected chi connectivity index (χ2v) is 4.93. The number of carbonyl (C=O) groups is 1. The predicted molar refractivity (Wildman–Crippen MR) is 82.7 cm³/mol. The van der Waals surface area contributed by atoms with E-state index in [4.69, 9.17) is 22.1 Å². The number of benzene rings is 1. The molecule has 0 fully saturated rings. The van der Waals surface area contributed by atoms with Crippen LogP contribution in [0.5, 0.6) is 5.88 Å². The maximum atomic E-state index is 11.9. The van der Waals surface area contributed by atoms with Gasteiger partial charge >= 0.3 is 0 Å². The van der Waals surface area contributed by atoms with Crippen LogP contribution in [0.25, 0.3) is 0 Å². The normalized spacial score (nSPS) is 10.2. The summed E-state index contributed by atoms with van der Waals surface area (Å²) in [6.45, 7) is 2.59. The van der Waals surface area contributed by atoms with E-state index < -0.39 is 0 Å². The molecule has 21 heavy (non-hydrogen) atoms. The number of ether oxygens (including phenoxy) is 1. The maximum Gasteiger partial charge on any atom is 0.251 e. The third-order valence-corrected chi connectivity index (χ3v) is 3.10. The van der Waals surface area contributed by atoms with Gasteiger partial charge in [0.2, 0.25) is 5.88 Å². The van der Waals surface area contributed by atoms with Crippen molar-refractivity contribution in [1.82, 2.24) is 10.3 Å². The molecule has 0 saturated carbocycles. The van der Waals surface area contributed by atoms with Crippen molar-refractivity contribution < 1.29 is 9.53 Å². The van der Waals surface area contributed by atoms with Crippen molar-refractivity contribution in [3.05, 3.63) is 52.7 Å². The van der Waals surface area contributed by atoms with E-state index in [1.54, 1.807) is 24.3 Å². The Labute approximate surface area is 128 Å². The summed E-state index contributed by atoms with van der Waals surface area (Å²) in [6.07, 6.45) is 1.50. The lowest BCUT2D eigenvalue weighted by Gasteiger charge is -2.08. The first-order chi connectivity index (χ1) is 10.1. The van der Waals surface area contributed by atoms with Crippen molar-refractivity contribution in [3.8, 4) is 5.88 Å². The second kappa shape index (κ2) is 6.95. The number of pyridine rings is 1. The number of carbonyl (C=O) groups excluding carboxylic acids is 1. The molecule has 0 spiro atoms. The summed E-state index contributed by atoms with van der Waals surface area (Å²) in [6, 6.07) is 8.58. The lowest BCUT2D eigenvalue weighted by Crippen LogP contribution is -2.28. The zero-order valence-corrected chi connectivity index (χ0v) is 12.4. The number of hydrogen-bond donors (Lipinski definition) is 2. The SMILES string of the molecule is Cc1ccc(C(=O)NCCOc2ccc(Cl)cn2)cc1N. The van der Waals surface area contributed by atoms with Crippen LogP contribution in [0.1, 0.15) is 15.9 Å². The van der Waals surface area contributed by atoms with Gasteiger partial charge in [-0.25, -0.2) is 4.98 Å². The summed E-state index contributed by atoms with van der Waals surface area (Å²) in [5.41, 5.74) is 7.86. The van der Waals surface area contributed by atoms with Crippen molar-refractivity contribution in [2.45, 2.75) is 6.92 Å². The maximum absolute atomic E-state index is 11.9. The van der Waals surface area contributed by atoms with Crippen LogP contribution in [0.15, 0.2) is 36.5 Å². The van der Waals surface area contributed by atoms with Gasteiger partial charge in [0.25, 0.3) is 5.91 Å². The summed E-state index contributed by atoms with van der Waals surface area (Å²) < 4.78 is 5.38. The zero-order chi connectivity index (χ0) is 15.2. The molecule has 0 aliphatic rings. The Morgan fingerprint density at radius 2 is 2.19 bits per heavy atom. The number of nitrogen functional groups attached to an aromatic ring is 1. The molecule has 0 aliphatic heterocycles. The minimum Gasteiger partial charge on any atom is -0.476 e. The molecule has 0 bridgehead atoms. The van der Waals surface area contributed by atoms with E-state index in [9.17, 15) is 4.79 Å². The molecule has 1 aromatic heterocycles. The van der Waals surface area contributed by atoms with Crippen LogP contribution < -0.4 is 15.8 Å². The zero-order valence-electron chi connectivity index (χ0n) is 11.6. The summed E-state index contributed by atoms with van der Waals surface area (Å²) in [5, 5.41) is 3.30. The van der Waals surface area contributed by atoms with Gasteiger partial charge in [-0.15, -0.1) is 0 Å². The standard InChI is InChI=1S/C15H16ClN3O2/c1-10-2-3-11(8-13(10)17)15(20)18-6-7-21-14-5-4-12(16)9-19-14/h2-5,8-9H,6-7,17H2,1H3,(H,18,20). The molecule has 3 N–H and O–H groups in total. The molecule has 5 nitrogen and oxygen atoms in total. The van der Waals surface area contributed by atoms with Crippen LogP contribution >= 0.6 is 11.6 Å². The van der Waals surface area contributed by atoms with Crippen molar-refractivity contribution in [3.63, 3.8) is 0 Å². The Bertz CT molecular complexity index is 629. The molecule has 0 radical (unpaired) electrons. The number of nitrogens with two attached hydrogens (primary N) is 1. The lowest BCUT2D eigenvalue weighted by molar-refractivity contribution is 0.0946. The number of nitrogens with one attached hydrogen (secondary N) is 1. The first-order valence-electron chi connectivity index (χ1n) is 6.45. The predicted octanol–water partition coefficient (Wildman–Crippen LogP) is 2.43. The van der Waals surface area contributed by atoms with E-state index in [0.717, 1.165) is 5.56 Å². The average molecular weight is 306 g/mol. The number of aromatic nitrogens is 1. The third-order valence-electron chi connectivity index (χ3n) is 2.88. The highest BCUT2D eigenvalue weighted by molar-refractivity contribution is 6.30. The number of anilines is 1. The summed E-state index contributed by atoms with van der Waals surface area (Å²) >= 11 is 5.72. The van der Waals surface area contributed by atoms with E-state index in [-0.39, 0.29) is 5.91 Å². The van der Waals surface area contributed by atoms with Gasteiger partial charge in [-0.1, -0.05) is 17.7 Å². The Kier molecular flexibility index (Phi) is 5.00. The second-order valence-electron chi connectivity index (χ2n) is 4.49. The summed E-state index contributed by atoms with van der Waals surface area (Å²) in [7, 11) is 0. The minimum absolute atomic E-state index is 0.186. The van der Waals surface area contributed by atoms with Gasteiger partial charge in [0, 0.05) is 23.5 Å². The van der Waals surface area contributed by atoms with Crippen LogP contribution in [0.2, 0.25) is 5.02 Å². The Morgan fingerprint density at radius 3 is 2.86 bits per heavy atom. The van der Waals surface area contributed by atoms with Crippen molar-refractivity contribution in [2.75, 3.05) is 18.9 Å². The molecule has 110 valence electrons. The smallest absolute Gasteiger partial charge is 0.251 e. The average Bonchev–Trinajstić information content (AvgIpc) is 2.48. The van der Waals surface area contributed by atoms with Gasteiger partial charge < -0.3 is 15.8 Å². The fourth-order valence-corrected chi connectivity index (χ4v) is 1.76. The fraction of sp³-hybridized carbons (Fsp3) is 0.200. The molecule has 0 unspecified atom stereocenters. The number of nitrogens with zero attached hydrogens (tertiary/aromatic N) is 1. The quantitative estimate of drug-likeness (QED) is 0.657. The van der Waals surface area contributed by atoms with Gasteiger partial charge in [0.1, 0.15) is 6.61 Å². The molecule has 1 heterocycles. The lowest BCUT2D eigenvalue weighted by atomic mass is 10.1. The van der Waals surface area contributed by atoms with Crippen molar-refractivity contribution >= 4 is 23.2 Å².